The largest absolute Gasteiger partial charge is 0.462 e. The van der Waals surface area contributed by atoms with Crippen LogP contribution in [0.2, 0.25) is 0 Å². The van der Waals surface area contributed by atoms with Gasteiger partial charge in [0.05, 0.1) is 12.2 Å². The van der Waals surface area contributed by atoms with E-state index in [9.17, 15) is 9.59 Å². The molecule has 0 fully saturated rings. The van der Waals surface area contributed by atoms with Crippen molar-refractivity contribution in [3.63, 3.8) is 0 Å². The van der Waals surface area contributed by atoms with E-state index >= 15 is 0 Å². The van der Waals surface area contributed by atoms with Gasteiger partial charge in [-0.05, 0) is 74.9 Å². The second-order valence-corrected chi connectivity index (χ2v) is 6.51. The molecular weight excluding hydrogens is 312 g/mol. The number of rotatable bonds is 5. The Hall–Kier alpha value is -2.42. The first-order valence-electron chi connectivity index (χ1n) is 8.69. The maximum atomic E-state index is 13.3. The van der Waals surface area contributed by atoms with Crippen LogP contribution in [-0.2, 0) is 4.74 Å². The molecule has 3 heteroatoms. The normalized spacial score (nSPS) is 10.6. The summed E-state index contributed by atoms with van der Waals surface area (Å²) in [6.45, 7) is 12.4. The van der Waals surface area contributed by atoms with E-state index in [2.05, 4.69) is 6.92 Å². The van der Waals surface area contributed by atoms with Crippen LogP contribution in [0.3, 0.4) is 0 Å². The van der Waals surface area contributed by atoms with Crippen LogP contribution in [-0.4, -0.2) is 18.4 Å². The summed E-state index contributed by atoms with van der Waals surface area (Å²) in [5, 5.41) is 0. The number of ether oxygens (including phenoxy) is 1. The van der Waals surface area contributed by atoms with Crippen molar-refractivity contribution in [2.75, 3.05) is 6.61 Å². The molecule has 0 amide bonds. The van der Waals surface area contributed by atoms with Crippen molar-refractivity contribution in [1.82, 2.24) is 0 Å². The minimum absolute atomic E-state index is 0.120. The van der Waals surface area contributed by atoms with Gasteiger partial charge in [0.2, 0.25) is 0 Å². The van der Waals surface area contributed by atoms with Gasteiger partial charge in [0, 0.05) is 11.1 Å². The monoisotopic (exact) mass is 338 g/mol. The van der Waals surface area contributed by atoms with Crippen molar-refractivity contribution >= 4 is 11.8 Å². The van der Waals surface area contributed by atoms with Crippen LogP contribution >= 0.6 is 0 Å². The lowest BCUT2D eigenvalue weighted by Crippen LogP contribution is -2.16. The van der Waals surface area contributed by atoms with Gasteiger partial charge in [0.1, 0.15) is 0 Å². The zero-order valence-corrected chi connectivity index (χ0v) is 15.9. The molecule has 0 saturated carbocycles. The highest BCUT2D eigenvalue weighted by Crippen LogP contribution is 2.29. The lowest BCUT2D eigenvalue weighted by Gasteiger charge is -2.18. The van der Waals surface area contributed by atoms with Crippen molar-refractivity contribution in [1.29, 1.82) is 0 Å². The van der Waals surface area contributed by atoms with Gasteiger partial charge in [0.25, 0.3) is 0 Å². The van der Waals surface area contributed by atoms with E-state index in [1.54, 1.807) is 24.3 Å². The van der Waals surface area contributed by atoms with Crippen molar-refractivity contribution in [2.45, 2.75) is 48.0 Å². The molecule has 0 saturated heterocycles. The molecule has 2 aromatic rings. The van der Waals surface area contributed by atoms with Gasteiger partial charge >= 0.3 is 5.97 Å². The Bertz CT molecular complexity index is 802. The van der Waals surface area contributed by atoms with Crippen LogP contribution in [0.4, 0.5) is 0 Å². The van der Waals surface area contributed by atoms with Crippen LogP contribution in [0.1, 0.15) is 67.4 Å². The molecular formula is C22H26O3. The smallest absolute Gasteiger partial charge is 0.338 e. The molecule has 0 unspecified atom stereocenters. The molecule has 0 bridgehead atoms. The number of hydrogen-bond acceptors (Lipinski definition) is 3. The van der Waals surface area contributed by atoms with Crippen LogP contribution in [0.5, 0.6) is 0 Å². The second-order valence-electron chi connectivity index (χ2n) is 6.51. The number of esters is 1. The summed E-state index contributed by atoms with van der Waals surface area (Å²) < 4.78 is 5.24. The molecule has 132 valence electrons. The minimum Gasteiger partial charge on any atom is -0.462 e. The summed E-state index contributed by atoms with van der Waals surface area (Å²) in [6.07, 6.45) is 0.746. The molecule has 2 aromatic carbocycles. The molecule has 0 radical (unpaired) electrons. The number of carbonyl (C=O) groups is 2. The first-order chi connectivity index (χ1) is 11.8. The highest BCUT2D eigenvalue weighted by molar-refractivity contribution is 6.16. The SMILES string of the molecule is CCCOC(=O)c1ccccc1C(=O)c1c(C)c(C)c(C)c(C)c1C. The Morgan fingerprint density at radius 2 is 1.28 bits per heavy atom. The first-order valence-corrected chi connectivity index (χ1v) is 8.69. The third kappa shape index (κ3) is 3.51. The number of hydrogen-bond donors (Lipinski definition) is 0. The molecule has 3 nitrogen and oxygen atoms in total. The highest BCUT2D eigenvalue weighted by Gasteiger charge is 2.23. The van der Waals surface area contributed by atoms with Gasteiger partial charge in [-0.2, -0.15) is 0 Å². The Labute approximate surface area is 150 Å². The average Bonchev–Trinajstić information content (AvgIpc) is 2.62. The first kappa shape index (κ1) is 18.9. The van der Waals surface area contributed by atoms with Gasteiger partial charge in [-0.3, -0.25) is 4.79 Å². The number of ketones is 1. The summed E-state index contributed by atoms with van der Waals surface area (Å²) >= 11 is 0. The second kappa shape index (κ2) is 7.64. The fourth-order valence-electron chi connectivity index (χ4n) is 3.11. The molecule has 0 atom stereocenters. The Morgan fingerprint density at radius 3 is 1.80 bits per heavy atom. The molecule has 0 aliphatic heterocycles. The van der Waals surface area contributed by atoms with Crippen molar-refractivity contribution in [3.8, 4) is 0 Å². The van der Waals surface area contributed by atoms with Gasteiger partial charge in [-0.25, -0.2) is 4.79 Å². The molecule has 0 spiro atoms. The predicted molar refractivity (Wildman–Crippen MR) is 101 cm³/mol. The topological polar surface area (TPSA) is 43.4 Å². The van der Waals surface area contributed by atoms with E-state index in [1.165, 1.54) is 5.56 Å². The van der Waals surface area contributed by atoms with E-state index in [0.29, 0.717) is 23.3 Å². The number of carbonyl (C=O) groups excluding carboxylic acids is 2. The molecule has 0 heterocycles. The van der Waals surface area contributed by atoms with E-state index < -0.39 is 5.97 Å². The zero-order valence-electron chi connectivity index (χ0n) is 15.9. The Balaban J connectivity index is 2.59. The number of benzene rings is 2. The summed E-state index contributed by atoms with van der Waals surface area (Å²) in [7, 11) is 0. The van der Waals surface area contributed by atoms with E-state index in [0.717, 1.165) is 28.7 Å². The summed E-state index contributed by atoms with van der Waals surface area (Å²) in [5.41, 5.74) is 6.83. The minimum atomic E-state index is -0.443. The summed E-state index contributed by atoms with van der Waals surface area (Å²) in [4.78, 5) is 25.6. The van der Waals surface area contributed by atoms with Gasteiger partial charge in [-0.1, -0.05) is 25.1 Å². The van der Waals surface area contributed by atoms with Gasteiger partial charge in [-0.15, -0.1) is 0 Å². The lowest BCUT2D eigenvalue weighted by atomic mass is 9.85. The summed E-state index contributed by atoms with van der Waals surface area (Å²) in [5.74, 6) is -0.563. The fourth-order valence-corrected chi connectivity index (χ4v) is 3.11. The highest BCUT2D eigenvalue weighted by atomic mass is 16.5. The van der Waals surface area contributed by atoms with Gasteiger partial charge < -0.3 is 4.74 Å². The maximum absolute atomic E-state index is 13.3. The zero-order chi connectivity index (χ0) is 18.7. The van der Waals surface area contributed by atoms with E-state index in [-0.39, 0.29) is 5.78 Å². The fraction of sp³-hybridized carbons (Fsp3) is 0.364. The molecule has 0 aromatic heterocycles. The predicted octanol–water partition coefficient (Wildman–Crippen LogP) is 5.03. The van der Waals surface area contributed by atoms with Crippen molar-refractivity contribution < 1.29 is 14.3 Å². The third-order valence-corrected chi connectivity index (χ3v) is 5.06. The maximum Gasteiger partial charge on any atom is 0.338 e. The average molecular weight is 338 g/mol. The van der Waals surface area contributed by atoms with Crippen molar-refractivity contribution in [3.05, 3.63) is 68.8 Å². The molecule has 2 rings (SSSR count). The Kier molecular flexibility index (Phi) is 5.78. The molecule has 25 heavy (non-hydrogen) atoms. The quantitative estimate of drug-likeness (QED) is 0.567. The third-order valence-electron chi connectivity index (χ3n) is 5.06. The molecule has 0 aliphatic rings. The standard InChI is InChI=1S/C22H26O3/c1-7-12-25-22(24)19-11-9-8-10-18(19)21(23)20-16(5)14(3)13(2)15(4)17(20)6/h8-11H,7,12H2,1-6H3. The Morgan fingerprint density at radius 1 is 0.800 bits per heavy atom. The molecule has 0 aliphatic carbocycles. The lowest BCUT2D eigenvalue weighted by molar-refractivity contribution is 0.0502. The van der Waals surface area contributed by atoms with Gasteiger partial charge in [0.15, 0.2) is 5.78 Å². The van der Waals surface area contributed by atoms with Crippen LogP contribution in [0, 0.1) is 34.6 Å². The molecule has 0 N–H and O–H groups in total. The van der Waals surface area contributed by atoms with Crippen LogP contribution < -0.4 is 0 Å². The van der Waals surface area contributed by atoms with E-state index in [1.807, 2.05) is 34.6 Å². The van der Waals surface area contributed by atoms with Crippen LogP contribution in [0.25, 0.3) is 0 Å². The summed E-state index contributed by atoms with van der Waals surface area (Å²) in [6, 6.07) is 6.89. The van der Waals surface area contributed by atoms with E-state index in [4.69, 9.17) is 4.74 Å². The van der Waals surface area contributed by atoms with Crippen LogP contribution in [0.15, 0.2) is 24.3 Å². The van der Waals surface area contributed by atoms with Crippen molar-refractivity contribution in [2.24, 2.45) is 0 Å².